The fourth-order valence-corrected chi connectivity index (χ4v) is 2.88. The Balaban J connectivity index is 1.87. The number of benzene rings is 2. The smallest absolute Gasteiger partial charge is 0.305 e. The summed E-state index contributed by atoms with van der Waals surface area (Å²) < 4.78 is 0. The van der Waals surface area contributed by atoms with E-state index >= 15 is 0 Å². The molecule has 2 aromatic carbocycles. The second kappa shape index (κ2) is 7.11. The van der Waals surface area contributed by atoms with E-state index in [0.29, 0.717) is 16.8 Å². The Morgan fingerprint density at radius 3 is 2.58 bits per heavy atom. The van der Waals surface area contributed by atoms with Crippen molar-refractivity contribution < 1.29 is 14.7 Å². The number of carboxylic acid groups (broad SMARTS) is 1. The van der Waals surface area contributed by atoms with E-state index in [4.69, 9.17) is 10.4 Å². The molecule has 1 amide bonds. The van der Waals surface area contributed by atoms with Crippen LogP contribution in [0.25, 0.3) is 10.9 Å². The van der Waals surface area contributed by atoms with Crippen LogP contribution in [0.3, 0.4) is 0 Å². The van der Waals surface area contributed by atoms with Gasteiger partial charge < -0.3 is 15.4 Å². The third-order valence-electron chi connectivity index (χ3n) is 4.24. The number of carbonyl (C=O) groups excluding carboxylic acids is 1. The third kappa shape index (κ3) is 3.57. The maximum atomic E-state index is 12.6. The number of aromatic nitrogens is 1. The zero-order chi connectivity index (χ0) is 18.7. The minimum atomic E-state index is -1.02. The standard InChI is InChI=1S/C20H17N3O3/c1-12-3-2-4-15-9-17(22-19(12)15)20(26)23-16(10-18(24)25)14-7-5-13(11-21)6-8-14/h2-9,16,22H,10H2,1H3,(H,23,26)(H,24,25)/t16-/m1/s1. The molecular formula is C20H17N3O3. The van der Waals surface area contributed by atoms with Gasteiger partial charge in [0.2, 0.25) is 0 Å². The van der Waals surface area contributed by atoms with Crippen molar-refractivity contribution >= 4 is 22.8 Å². The Labute approximate surface area is 150 Å². The van der Waals surface area contributed by atoms with Crippen LogP contribution in [0.5, 0.6) is 0 Å². The Hall–Kier alpha value is -3.59. The van der Waals surface area contributed by atoms with Crippen LogP contribution >= 0.6 is 0 Å². The summed E-state index contributed by atoms with van der Waals surface area (Å²) in [6, 6.07) is 15.3. The van der Waals surface area contributed by atoms with Gasteiger partial charge >= 0.3 is 5.97 Å². The number of para-hydroxylation sites is 1. The molecule has 0 aliphatic carbocycles. The lowest BCUT2D eigenvalue weighted by molar-refractivity contribution is -0.137. The maximum Gasteiger partial charge on any atom is 0.305 e. The molecule has 0 bridgehead atoms. The van der Waals surface area contributed by atoms with Gasteiger partial charge in [0.05, 0.1) is 24.1 Å². The number of H-pyrrole nitrogens is 1. The summed E-state index contributed by atoms with van der Waals surface area (Å²) >= 11 is 0. The van der Waals surface area contributed by atoms with Gasteiger partial charge in [0.1, 0.15) is 5.69 Å². The molecule has 0 unspecified atom stereocenters. The van der Waals surface area contributed by atoms with E-state index < -0.39 is 12.0 Å². The Morgan fingerprint density at radius 2 is 1.96 bits per heavy atom. The summed E-state index contributed by atoms with van der Waals surface area (Å²) in [5.74, 6) is -1.40. The third-order valence-corrected chi connectivity index (χ3v) is 4.24. The van der Waals surface area contributed by atoms with Crippen molar-refractivity contribution in [2.24, 2.45) is 0 Å². The van der Waals surface area contributed by atoms with Gasteiger partial charge in [-0.05, 0) is 36.2 Å². The fourth-order valence-electron chi connectivity index (χ4n) is 2.88. The second-order valence-corrected chi connectivity index (χ2v) is 6.08. The van der Waals surface area contributed by atoms with E-state index in [-0.39, 0.29) is 12.3 Å². The molecule has 26 heavy (non-hydrogen) atoms. The van der Waals surface area contributed by atoms with Crippen LogP contribution in [0.4, 0.5) is 0 Å². The van der Waals surface area contributed by atoms with Crippen molar-refractivity contribution in [2.45, 2.75) is 19.4 Å². The van der Waals surface area contributed by atoms with Gasteiger partial charge in [0.25, 0.3) is 5.91 Å². The van der Waals surface area contributed by atoms with Crippen molar-refractivity contribution in [1.82, 2.24) is 10.3 Å². The zero-order valence-electron chi connectivity index (χ0n) is 14.1. The van der Waals surface area contributed by atoms with Gasteiger partial charge in [-0.15, -0.1) is 0 Å². The van der Waals surface area contributed by atoms with Crippen molar-refractivity contribution in [2.75, 3.05) is 0 Å². The zero-order valence-corrected chi connectivity index (χ0v) is 14.1. The largest absolute Gasteiger partial charge is 0.481 e. The lowest BCUT2D eigenvalue weighted by Crippen LogP contribution is -2.30. The number of nitrogens with zero attached hydrogens (tertiary/aromatic N) is 1. The Kier molecular flexibility index (Phi) is 4.72. The summed E-state index contributed by atoms with van der Waals surface area (Å²) in [7, 11) is 0. The molecule has 0 saturated heterocycles. The topological polar surface area (TPSA) is 106 Å². The van der Waals surface area contributed by atoms with Crippen LogP contribution in [0.2, 0.25) is 0 Å². The maximum absolute atomic E-state index is 12.6. The molecule has 130 valence electrons. The van der Waals surface area contributed by atoms with Crippen molar-refractivity contribution in [3.8, 4) is 6.07 Å². The SMILES string of the molecule is Cc1cccc2cc(C(=O)N[C@H](CC(=O)O)c3ccc(C#N)cc3)[nH]c12. The van der Waals surface area contributed by atoms with E-state index in [1.54, 1.807) is 30.3 Å². The molecule has 0 aliphatic rings. The number of aliphatic carboxylic acids is 1. The van der Waals surface area contributed by atoms with Gasteiger partial charge in [-0.1, -0.05) is 30.3 Å². The number of amides is 1. The predicted octanol–water partition coefficient (Wildman–Crippen LogP) is 3.29. The van der Waals surface area contributed by atoms with E-state index in [9.17, 15) is 9.59 Å². The van der Waals surface area contributed by atoms with Crippen LogP contribution in [0.15, 0.2) is 48.5 Å². The predicted molar refractivity (Wildman–Crippen MR) is 96.7 cm³/mol. The summed E-state index contributed by atoms with van der Waals surface area (Å²) in [5, 5.41) is 21.7. The first-order valence-electron chi connectivity index (χ1n) is 8.09. The summed E-state index contributed by atoms with van der Waals surface area (Å²) in [6.07, 6.45) is -0.253. The molecule has 1 atom stereocenters. The van der Waals surface area contributed by atoms with Gasteiger partial charge in [0, 0.05) is 10.9 Å². The van der Waals surface area contributed by atoms with Crippen LogP contribution in [-0.4, -0.2) is 22.0 Å². The minimum absolute atomic E-state index is 0.253. The lowest BCUT2D eigenvalue weighted by atomic mass is 10.0. The highest BCUT2D eigenvalue weighted by Gasteiger charge is 2.20. The van der Waals surface area contributed by atoms with Crippen LogP contribution in [0.1, 0.15) is 39.6 Å². The lowest BCUT2D eigenvalue weighted by Gasteiger charge is -2.17. The molecular weight excluding hydrogens is 330 g/mol. The Bertz CT molecular complexity index is 1010. The molecule has 3 aromatic rings. The quantitative estimate of drug-likeness (QED) is 0.658. The molecule has 3 rings (SSSR count). The first-order valence-corrected chi connectivity index (χ1v) is 8.09. The number of hydrogen-bond acceptors (Lipinski definition) is 3. The molecule has 1 aromatic heterocycles. The normalized spacial score (nSPS) is 11.7. The highest BCUT2D eigenvalue weighted by molar-refractivity contribution is 5.99. The molecule has 6 heteroatoms. The fraction of sp³-hybridized carbons (Fsp3) is 0.150. The highest BCUT2D eigenvalue weighted by atomic mass is 16.4. The Morgan fingerprint density at radius 1 is 1.23 bits per heavy atom. The molecule has 1 heterocycles. The van der Waals surface area contributed by atoms with E-state index in [2.05, 4.69) is 10.3 Å². The van der Waals surface area contributed by atoms with E-state index in [1.807, 2.05) is 31.2 Å². The van der Waals surface area contributed by atoms with Gasteiger partial charge in [-0.2, -0.15) is 5.26 Å². The molecule has 3 N–H and O–H groups in total. The first kappa shape index (κ1) is 17.2. The summed E-state index contributed by atoms with van der Waals surface area (Å²) in [6.45, 7) is 1.95. The first-order chi connectivity index (χ1) is 12.5. The van der Waals surface area contributed by atoms with Crippen molar-refractivity contribution in [1.29, 1.82) is 5.26 Å². The van der Waals surface area contributed by atoms with Crippen molar-refractivity contribution in [3.63, 3.8) is 0 Å². The minimum Gasteiger partial charge on any atom is -0.481 e. The van der Waals surface area contributed by atoms with Crippen molar-refractivity contribution in [3.05, 3.63) is 70.9 Å². The molecule has 0 radical (unpaired) electrons. The average Bonchev–Trinajstić information content (AvgIpc) is 3.07. The monoisotopic (exact) mass is 347 g/mol. The number of nitriles is 1. The summed E-state index contributed by atoms with van der Waals surface area (Å²) in [4.78, 5) is 26.9. The molecule has 0 fully saturated rings. The molecule has 0 aliphatic heterocycles. The van der Waals surface area contributed by atoms with E-state index in [0.717, 1.165) is 16.5 Å². The molecule has 0 saturated carbocycles. The number of hydrogen-bond donors (Lipinski definition) is 3. The number of carboxylic acids is 1. The molecule has 6 nitrogen and oxygen atoms in total. The molecule has 0 spiro atoms. The van der Waals surface area contributed by atoms with Crippen LogP contribution in [-0.2, 0) is 4.79 Å². The van der Waals surface area contributed by atoms with E-state index in [1.165, 1.54) is 0 Å². The average molecular weight is 347 g/mol. The van der Waals surface area contributed by atoms with Crippen LogP contribution < -0.4 is 5.32 Å². The number of rotatable bonds is 5. The number of fused-ring (bicyclic) bond motifs is 1. The van der Waals surface area contributed by atoms with Gasteiger partial charge in [-0.3, -0.25) is 9.59 Å². The number of aromatic amines is 1. The summed E-state index contributed by atoms with van der Waals surface area (Å²) in [5.41, 5.74) is 3.38. The van der Waals surface area contributed by atoms with Gasteiger partial charge in [0.15, 0.2) is 0 Å². The number of nitrogens with one attached hydrogen (secondary N) is 2. The number of carbonyl (C=O) groups is 2. The second-order valence-electron chi connectivity index (χ2n) is 6.08. The van der Waals surface area contributed by atoms with Crippen LogP contribution in [0, 0.1) is 18.3 Å². The number of aryl methyl sites for hydroxylation is 1. The van der Waals surface area contributed by atoms with Gasteiger partial charge in [-0.25, -0.2) is 0 Å². The highest BCUT2D eigenvalue weighted by Crippen LogP contribution is 2.21.